The molecule has 1 aliphatic heterocycles. The van der Waals surface area contributed by atoms with Crippen LogP contribution < -0.4 is 0 Å². The molecule has 0 spiro atoms. The lowest BCUT2D eigenvalue weighted by Crippen LogP contribution is -2.33. The highest BCUT2D eigenvalue weighted by molar-refractivity contribution is 7.90. The van der Waals surface area contributed by atoms with E-state index in [1.807, 2.05) is 28.9 Å². The highest BCUT2D eigenvalue weighted by atomic mass is 32.2. The number of aliphatic hydroxyl groups is 1. The number of sulfone groups is 1. The van der Waals surface area contributed by atoms with E-state index >= 15 is 0 Å². The van der Waals surface area contributed by atoms with Crippen LogP contribution in [0.5, 0.6) is 0 Å². The third-order valence-corrected chi connectivity index (χ3v) is 5.43. The molecule has 2 N–H and O–H groups in total. The molecule has 138 valence electrons. The van der Waals surface area contributed by atoms with Gasteiger partial charge < -0.3 is 10.1 Å². The van der Waals surface area contributed by atoms with Crippen LogP contribution in [-0.4, -0.2) is 56.7 Å². The van der Waals surface area contributed by atoms with Gasteiger partial charge in [0, 0.05) is 19.3 Å². The molecule has 0 radical (unpaired) electrons. The Kier molecular flexibility index (Phi) is 4.29. The Morgan fingerprint density at radius 3 is 2.88 bits per heavy atom. The number of aliphatic hydroxyl groups excluding tert-OH is 1. The number of benzene rings is 1. The minimum atomic E-state index is -3.26. The van der Waals surface area contributed by atoms with Crippen molar-refractivity contribution >= 4 is 20.9 Å². The topological polar surface area (TPSA) is 104 Å². The van der Waals surface area contributed by atoms with Crippen LogP contribution in [0.15, 0.2) is 30.3 Å². The molecule has 0 aliphatic carbocycles. The zero-order valence-electron chi connectivity index (χ0n) is 14.5. The summed E-state index contributed by atoms with van der Waals surface area (Å²) in [6.45, 7) is 2.88. The number of fused-ring (bicyclic) bond motifs is 2. The van der Waals surface area contributed by atoms with E-state index < -0.39 is 15.9 Å². The van der Waals surface area contributed by atoms with Gasteiger partial charge in [-0.05, 0) is 18.2 Å². The van der Waals surface area contributed by atoms with Crippen LogP contribution in [0.1, 0.15) is 23.3 Å². The van der Waals surface area contributed by atoms with Crippen LogP contribution in [0, 0.1) is 0 Å². The maximum Gasteiger partial charge on any atom is 0.150 e. The molecule has 2 aromatic heterocycles. The van der Waals surface area contributed by atoms with Crippen LogP contribution >= 0.6 is 0 Å². The van der Waals surface area contributed by atoms with Crippen molar-refractivity contribution in [3.05, 3.63) is 47.5 Å². The number of hydrogen-bond donors (Lipinski definition) is 2. The number of rotatable bonds is 5. The molecular formula is C17H21N5O3S. The molecule has 26 heavy (non-hydrogen) atoms. The Morgan fingerprint density at radius 2 is 2.12 bits per heavy atom. The van der Waals surface area contributed by atoms with Crippen LogP contribution in [0.3, 0.4) is 0 Å². The quantitative estimate of drug-likeness (QED) is 0.685. The Bertz CT molecular complexity index is 1010. The highest BCUT2D eigenvalue weighted by Gasteiger charge is 2.23. The largest absolute Gasteiger partial charge is 0.386 e. The molecule has 4 rings (SSSR count). The standard InChI is InChI=1S/C17H21N5O3S/c1-26(24,25)11-16(23)15-8-12-9-21(6-7-22(12)20-15)10-17-18-13-4-2-3-5-14(13)19-17/h2-5,8,16,23H,6-7,9-11H2,1H3,(H,18,19)/t16-/m1/s1. The summed E-state index contributed by atoms with van der Waals surface area (Å²) in [4.78, 5) is 10.2. The number of H-pyrrole nitrogens is 1. The second kappa shape index (κ2) is 6.49. The Labute approximate surface area is 151 Å². The van der Waals surface area contributed by atoms with Gasteiger partial charge in [0.25, 0.3) is 0 Å². The third-order valence-electron chi connectivity index (χ3n) is 4.51. The monoisotopic (exact) mass is 375 g/mol. The molecule has 0 unspecified atom stereocenters. The first-order chi connectivity index (χ1) is 12.4. The lowest BCUT2D eigenvalue weighted by molar-refractivity contribution is 0.190. The molecule has 1 aliphatic rings. The van der Waals surface area contributed by atoms with Crippen molar-refractivity contribution in [3.8, 4) is 0 Å². The lowest BCUT2D eigenvalue weighted by Gasteiger charge is -2.26. The van der Waals surface area contributed by atoms with Gasteiger partial charge in [-0.25, -0.2) is 13.4 Å². The minimum absolute atomic E-state index is 0.313. The second-order valence-corrected chi connectivity index (χ2v) is 8.99. The van der Waals surface area contributed by atoms with Gasteiger partial charge in [0.05, 0.1) is 41.3 Å². The molecule has 0 bridgehead atoms. The first kappa shape index (κ1) is 17.2. The molecule has 0 amide bonds. The van der Waals surface area contributed by atoms with Gasteiger partial charge in [0.2, 0.25) is 0 Å². The number of aromatic nitrogens is 4. The normalized spacial score (nSPS) is 16.7. The minimum Gasteiger partial charge on any atom is -0.386 e. The van der Waals surface area contributed by atoms with E-state index in [9.17, 15) is 13.5 Å². The molecule has 3 aromatic rings. The van der Waals surface area contributed by atoms with Crippen LogP contribution in [-0.2, 0) is 29.5 Å². The second-order valence-electron chi connectivity index (χ2n) is 6.80. The van der Waals surface area contributed by atoms with Crippen molar-refractivity contribution in [2.45, 2.75) is 25.7 Å². The summed E-state index contributed by atoms with van der Waals surface area (Å²) in [5.74, 6) is 0.600. The number of imidazole rings is 1. The van der Waals surface area contributed by atoms with Crippen molar-refractivity contribution < 1.29 is 13.5 Å². The number of nitrogens with one attached hydrogen (secondary N) is 1. The van der Waals surface area contributed by atoms with Gasteiger partial charge in [-0.2, -0.15) is 5.10 Å². The molecule has 8 nitrogen and oxygen atoms in total. The number of aromatic amines is 1. The molecule has 0 saturated heterocycles. The Morgan fingerprint density at radius 1 is 1.31 bits per heavy atom. The maximum absolute atomic E-state index is 11.4. The molecule has 1 atom stereocenters. The average molecular weight is 375 g/mol. The summed E-state index contributed by atoms with van der Waals surface area (Å²) < 4.78 is 24.6. The smallest absolute Gasteiger partial charge is 0.150 e. The van der Waals surface area contributed by atoms with E-state index in [1.54, 1.807) is 6.07 Å². The van der Waals surface area contributed by atoms with E-state index in [0.717, 1.165) is 35.4 Å². The number of hydrogen-bond acceptors (Lipinski definition) is 6. The first-order valence-corrected chi connectivity index (χ1v) is 10.5. The van der Waals surface area contributed by atoms with Crippen molar-refractivity contribution in [2.75, 3.05) is 18.6 Å². The van der Waals surface area contributed by atoms with Crippen molar-refractivity contribution in [1.29, 1.82) is 0 Å². The summed E-state index contributed by atoms with van der Waals surface area (Å²) in [6.07, 6.45) is 0.0216. The third kappa shape index (κ3) is 3.64. The maximum atomic E-state index is 11.4. The summed E-state index contributed by atoms with van der Waals surface area (Å²) in [6, 6.07) is 9.73. The molecule has 0 fully saturated rings. The highest BCUT2D eigenvalue weighted by Crippen LogP contribution is 2.20. The van der Waals surface area contributed by atoms with Crippen LogP contribution in [0.4, 0.5) is 0 Å². The van der Waals surface area contributed by atoms with Gasteiger partial charge in [-0.1, -0.05) is 12.1 Å². The fraction of sp³-hybridized carbons (Fsp3) is 0.412. The summed E-state index contributed by atoms with van der Waals surface area (Å²) >= 11 is 0. The van der Waals surface area contributed by atoms with E-state index in [4.69, 9.17) is 0 Å². The van der Waals surface area contributed by atoms with Crippen molar-refractivity contribution in [3.63, 3.8) is 0 Å². The van der Waals surface area contributed by atoms with Crippen molar-refractivity contribution in [2.24, 2.45) is 0 Å². The van der Waals surface area contributed by atoms with Crippen molar-refractivity contribution in [1.82, 2.24) is 24.6 Å². The lowest BCUT2D eigenvalue weighted by atomic mass is 10.2. The fourth-order valence-electron chi connectivity index (χ4n) is 3.31. The summed E-state index contributed by atoms with van der Waals surface area (Å²) in [5, 5.41) is 14.5. The predicted molar refractivity (Wildman–Crippen MR) is 97.1 cm³/mol. The summed E-state index contributed by atoms with van der Waals surface area (Å²) in [7, 11) is -3.26. The predicted octanol–water partition coefficient (Wildman–Crippen LogP) is 0.853. The van der Waals surface area contributed by atoms with Crippen LogP contribution in [0.25, 0.3) is 11.0 Å². The molecule has 0 saturated carbocycles. The van der Waals surface area contributed by atoms with Gasteiger partial charge in [0.1, 0.15) is 21.8 Å². The van der Waals surface area contributed by atoms with Gasteiger partial charge in [-0.3, -0.25) is 9.58 Å². The van der Waals surface area contributed by atoms with Gasteiger partial charge in [0.15, 0.2) is 0 Å². The average Bonchev–Trinajstić information content (AvgIpc) is 3.15. The summed E-state index contributed by atoms with van der Waals surface area (Å²) in [5.41, 5.74) is 3.36. The fourth-order valence-corrected chi connectivity index (χ4v) is 4.05. The van der Waals surface area contributed by atoms with E-state index in [-0.39, 0.29) is 5.75 Å². The Balaban J connectivity index is 1.47. The molecule has 9 heteroatoms. The number of para-hydroxylation sites is 2. The molecule has 3 heterocycles. The van der Waals surface area contributed by atoms with E-state index in [0.29, 0.717) is 25.3 Å². The number of nitrogens with zero attached hydrogens (tertiary/aromatic N) is 4. The SMILES string of the molecule is CS(=O)(=O)C[C@@H](O)c1cc2n(n1)CCN(Cc1nc3ccccc3[nH]1)C2. The zero-order valence-corrected chi connectivity index (χ0v) is 15.3. The van der Waals surface area contributed by atoms with E-state index in [1.165, 1.54) is 0 Å². The van der Waals surface area contributed by atoms with Crippen LogP contribution in [0.2, 0.25) is 0 Å². The molecular weight excluding hydrogens is 354 g/mol. The van der Waals surface area contributed by atoms with Gasteiger partial charge >= 0.3 is 0 Å². The zero-order chi connectivity index (χ0) is 18.3. The Hall–Kier alpha value is -2.23. The first-order valence-electron chi connectivity index (χ1n) is 8.46. The van der Waals surface area contributed by atoms with Gasteiger partial charge in [-0.15, -0.1) is 0 Å². The van der Waals surface area contributed by atoms with E-state index in [2.05, 4.69) is 20.0 Å². The molecule has 1 aromatic carbocycles.